The third-order valence-electron chi connectivity index (χ3n) is 1.22. The summed E-state index contributed by atoms with van der Waals surface area (Å²) in [5.41, 5.74) is 0.274. The van der Waals surface area contributed by atoms with Gasteiger partial charge in [-0.05, 0) is 9.76 Å². The lowest BCUT2D eigenvalue weighted by Crippen LogP contribution is -2.15. The van der Waals surface area contributed by atoms with E-state index in [2.05, 4.69) is 13.2 Å². The molecule has 0 aromatic rings. The van der Waals surface area contributed by atoms with Crippen molar-refractivity contribution in [3.8, 4) is 0 Å². The largest absolute Gasteiger partial charge is 0.458 e. The Hall–Kier alpha value is -0.479. The molecule has 0 aromatic heterocycles. The van der Waals surface area contributed by atoms with E-state index in [-0.39, 0.29) is 27.3 Å². The maximum absolute atomic E-state index is 11.1. The molecule has 0 atom stereocenters. The minimum Gasteiger partial charge on any atom is -0.458 e. The first-order valence-electron chi connectivity index (χ1n) is 4.42. The van der Waals surface area contributed by atoms with Gasteiger partial charge in [-0.2, -0.15) is 0 Å². The van der Waals surface area contributed by atoms with E-state index in [0.717, 1.165) is 0 Å². The van der Waals surface area contributed by atoms with Gasteiger partial charge in [-0.1, -0.05) is 19.2 Å². The minimum absolute atomic E-state index is 0.0962. The molecule has 0 aliphatic rings. The summed E-state index contributed by atoms with van der Waals surface area (Å²) in [6.07, 6.45) is 1.50. The summed E-state index contributed by atoms with van der Waals surface area (Å²) in [5.74, 6) is -0.460. The molecule has 7 heteroatoms. The van der Waals surface area contributed by atoms with Crippen molar-refractivity contribution in [1.82, 2.24) is 0 Å². The van der Waals surface area contributed by atoms with Gasteiger partial charge in [0.25, 0.3) is 0 Å². The molecule has 4 nitrogen and oxygen atoms in total. The standard InChI is InChI=1S/C7H16O4Si3/c1-3-4-9-7(8)6(2)5-10-11-13-14-12/h3H,1-2,4-5,13-14H2,12H3. The number of carbonyl (C=O) groups excluding carboxylic acids is 1. The van der Waals surface area contributed by atoms with Gasteiger partial charge in [0.2, 0.25) is 0 Å². The fourth-order valence-electron chi connectivity index (χ4n) is 0.551. The molecular formula is C7H16O4Si3. The molecule has 14 heavy (non-hydrogen) atoms. The van der Waals surface area contributed by atoms with E-state index in [4.69, 9.17) is 14.2 Å². The van der Waals surface area contributed by atoms with Crippen LogP contribution in [0.5, 0.6) is 0 Å². The predicted octanol–water partition coefficient (Wildman–Crippen LogP) is -2.33. The fourth-order valence-corrected chi connectivity index (χ4v) is 3.27. The van der Waals surface area contributed by atoms with Crippen molar-refractivity contribution in [3.63, 3.8) is 0 Å². The maximum atomic E-state index is 11.1. The molecule has 0 saturated carbocycles. The first-order valence-corrected chi connectivity index (χ1v) is 14.7. The normalized spacial score (nSPS) is 11.4. The molecule has 0 aromatic carbocycles. The van der Waals surface area contributed by atoms with Crippen molar-refractivity contribution in [2.45, 2.75) is 0 Å². The Morgan fingerprint density at radius 2 is 2.29 bits per heavy atom. The SMILES string of the molecule is C=CCOC(=O)C(=C)COO[SiH2][SiH2][SiH3]. The highest BCUT2D eigenvalue weighted by molar-refractivity contribution is 7.21. The Bertz CT molecular complexity index is 207. The monoisotopic (exact) mass is 248 g/mol. The molecule has 0 saturated heterocycles. The summed E-state index contributed by atoms with van der Waals surface area (Å²) < 4.78 is 9.70. The molecule has 0 rings (SSSR count). The Morgan fingerprint density at radius 3 is 2.86 bits per heavy atom. The molecule has 0 N–H and O–H groups in total. The highest BCUT2D eigenvalue weighted by Crippen LogP contribution is 1.96. The van der Waals surface area contributed by atoms with Crippen LogP contribution in [-0.2, 0) is 19.0 Å². The smallest absolute Gasteiger partial charge is 0.336 e. The summed E-state index contributed by atoms with van der Waals surface area (Å²) in [5, 5.41) is 0. The van der Waals surface area contributed by atoms with Gasteiger partial charge < -0.3 is 4.74 Å². The Balaban J connectivity index is 3.52. The van der Waals surface area contributed by atoms with Gasteiger partial charge in [0, 0.05) is 8.55 Å². The molecule has 0 amide bonds. The van der Waals surface area contributed by atoms with Crippen molar-refractivity contribution in [3.05, 3.63) is 24.8 Å². The number of ether oxygens (including phenoxy) is 1. The van der Waals surface area contributed by atoms with Crippen LogP contribution in [0.2, 0.25) is 0 Å². The molecule has 0 heterocycles. The number of esters is 1. The first kappa shape index (κ1) is 13.5. The van der Waals surface area contributed by atoms with Gasteiger partial charge >= 0.3 is 5.97 Å². The molecule has 0 spiro atoms. The zero-order valence-electron chi connectivity index (χ0n) is 8.45. The number of hydrogen-bond donors (Lipinski definition) is 0. The van der Waals surface area contributed by atoms with Crippen LogP contribution in [0.25, 0.3) is 0 Å². The van der Waals surface area contributed by atoms with Crippen molar-refractivity contribution in [2.24, 2.45) is 0 Å². The van der Waals surface area contributed by atoms with Gasteiger partial charge in [-0.25, -0.2) is 9.68 Å². The van der Waals surface area contributed by atoms with Crippen molar-refractivity contribution < 1.29 is 19.0 Å². The average molecular weight is 248 g/mol. The minimum atomic E-state index is -0.460. The van der Waals surface area contributed by atoms with Crippen LogP contribution in [0.1, 0.15) is 0 Å². The second kappa shape index (κ2) is 9.09. The van der Waals surface area contributed by atoms with Crippen LogP contribution in [0.4, 0.5) is 0 Å². The van der Waals surface area contributed by atoms with Crippen LogP contribution in [0, 0.1) is 0 Å². The molecule has 0 aliphatic carbocycles. The molecule has 0 radical (unpaired) electrons. The summed E-state index contributed by atoms with van der Waals surface area (Å²) in [4.78, 5) is 15.9. The first-order chi connectivity index (χ1) is 6.72. The van der Waals surface area contributed by atoms with Crippen molar-refractivity contribution in [2.75, 3.05) is 13.2 Å². The number of hydrogen-bond acceptors (Lipinski definition) is 4. The lowest BCUT2D eigenvalue weighted by Gasteiger charge is -2.05. The van der Waals surface area contributed by atoms with Crippen LogP contribution in [0.3, 0.4) is 0 Å². The van der Waals surface area contributed by atoms with Gasteiger partial charge in [0.05, 0.1) is 5.57 Å². The molecule has 0 bridgehead atoms. The Labute approximate surface area is 91.0 Å². The molecular weight excluding hydrogens is 232 g/mol. The molecule has 0 fully saturated rings. The van der Waals surface area contributed by atoms with Crippen LogP contribution >= 0.6 is 0 Å². The van der Waals surface area contributed by atoms with Crippen molar-refractivity contribution in [1.29, 1.82) is 0 Å². The Morgan fingerprint density at radius 1 is 1.57 bits per heavy atom. The van der Waals surface area contributed by atoms with E-state index < -0.39 is 15.2 Å². The van der Waals surface area contributed by atoms with E-state index in [1.807, 2.05) is 0 Å². The van der Waals surface area contributed by atoms with Gasteiger partial charge in [-0.15, -0.1) is 0 Å². The third-order valence-corrected chi connectivity index (χ3v) is 7.37. The van der Waals surface area contributed by atoms with Crippen LogP contribution in [-0.4, -0.2) is 46.8 Å². The quantitative estimate of drug-likeness (QED) is 0.0919. The summed E-state index contributed by atoms with van der Waals surface area (Å²) in [6.45, 7) is 7.25. The zero-order valence-corrected chi connectivity index (χ0v) is 13.3. The lowest BCUT2D eigenvalue weighted by molar-refractivity contribution is -0.198. The maximum Gasteiger partial charge on any atom is 0.336 e. The van der Waals surface area contributed by atoms with Crippen molar-refractivity contribution >= 4 is 33.6 Å². The highest BCUT2D eigenvalue weighted by atomic mass is 29.5. The van der Waals surface area contributed by atoms with Crippen LogP contribution in [0.15, 0.2) is 24.8 Å². The topological polar surface area (TPSA) is 44.8 Å². The van der Waals surface area contributed by atoms with E-state index in [1.165, 1.54) is 15.8 Å². The van der Waals surface area contributed by atoms with E-state index >= 15 is 0 Å². The molecule has 0 unspecified atom stereocenters. The fraction of sp³-hybridized carbons (Fsp3) is 0.286. The zero-order chi connectivity index (χ0) is 10.8. The average Bonchev–Trinajstić information content (AvgIpc) is 2.20. The summed E-state index contributed by atoms with van der Waals surface area (Å²) in [6, 6.07) is 0. The lowest BCUT2D eigenvalue weighted by atomic mass is 10.3. The number of carbonyl (C=O) groups is 1. The number of rotatable bonds is 8. The predicted molar refractivity (Wildman–Crippen MR) is 64.4 cm³/mol. The van der Waals surface area contributed by atoms with E-state index in [9.17, 15) is 4.79 Å². The second-order valence-electron chi connectivity index (χ2n) is 2.57. The molecule has 80 valence electrons. The molecule has 0 aliphatic heterocycles. The second-order valence-corrected chi connectivity index (χ2v) is 17.4. The highest BCUT2D eigenvalue weighted by Gasteiger charge is 2.07. The van der Waals surface area contributed by atoms with Gasteiger partial charge in [0.15, 0.2) is 9.28 Å². The van der Waals surface area contributed by atoms with E-state index in [0.29, 0.717) is 0 Å². The Kier molecular flexibility index (Phi) is 8.78. The van der Waals surface area contributed by atoms with Gasteiger partial charge in [-0.3, -0.25) is 4.58 Å². The summed E-state index contributed by atoms with van der Waals surface area (Å²) >= 11 is 0. The third kappa shape index (κ3) is 6.98. The summed E-state index contributed by atoms with van der Waals surface area (Å²) in [7, 11) is 0.986. The van der Waals surface area contributed by atoms with E-state index in [1.54, 1.807) is 0 Å². The van der Waals surface area contributed by atoms with Crippen LogP contribution < -0.4 is 0 Å². The van der Waals surface area contributed by atoms with Gasteiger partial charge in [0.1, 0.15) is 13.2 Å².